The van der Waals surface area contributed by atoms with Crippen molar-refractivity contribution in [2.24, 2.45) is 5.92 Å². The van der Waals surface area contributed by atoms with Crippen molar-refractivity contribution in [3.8, 4) is 34.1 Å². The van der Waals surface area contributed by atoms with Crippen LogP contribution >= 0.6 is 0 Å². The molecule has 254 valence electrons. The van der Waals surface area contributed by atoms with Gasteiger partial charge in [0.05, 0.1) is 22.4 Å². The summed E-state index contributed by atoms with van der Waals surface area (Å²) in [5, 5.41) is 7.39. The number of rotatable bonds is 12. The van der Waals surface area contributed by atoms with Gasteiger partial charge in [0, 0.05) is 40.4 Å². The Labute approximate surface area is 296 Å². The van der Waals surface area contributed by atoms with Gasteiger partial charge in [0.25, 0.3) is 0 Å². The minimum atomic E-state index is 0.512. The molecule has 0 aliphatic rings. The molecule has 0 fully saturated rings. The highest BCUT2D eigenvalue weighted by atomic mass is 16.5. The van der Waals surface area contributed by atoms with Gasteiger partial charge in [0.2, 0.25) is 0 Å². The van der Waals surface area contributed by atoms with Crippen LogP contribution in [0, 0.1) is 19.8 Å². The van der Waals surface area contributed by atoms with E-state index in [1.54, 1.807) is 0 Å². The number of ether oxygens (including phenoxy) is 1. The minimum Gasteiger partial charge on any atom is -0.457 e. The number of aryl methyl sites for hydroxylation is 1. The van der Waals surface area contributed by atoms with Crippen molar-refractivity contribution in [1.29, 1.82) is 0 Å². The summed E-state index contributed by atoms with van der Waals surface area (Å²) < 4.78 is 10.9. The van der Waals surface area contributed by atoms with Crippen LogP contribution in [0.2, 0.25) is 0 Å². The molecule has 0 radical (unpaired) electrons. The second-order valence-electron chi connectivity index (χ2n) is 14.2. The van der Waals surface area contributed by atoms with Gasteiger partial charge < -0.3 is 4.74 Å². The maximum absolute atomic E-state index is 6.62. The number of hydrogen-bond acceptors (Lipinski definition) is 3. The van der Waals surface area contributed by atoms with E-state index < -0.39 is 0 Å². The van der Waals surface area contributed by atoms with E-state index in [0.29, 0.717) is 11.8 Å². The van der Waals surface area contributed by atoms with Crippen molar-refractivity contribution in [3.05, 3.63) is 132 Å². The standard InChI is InChI=1S/C45H48N4O/c1-7-8-10-14-31(4)36-19-22-42-41(27-36)40-21-20-39(29-43(40)48(42)44-26-34(23-24-46-44)25-30(2)3)50-38-18-13-17-37(28-38)49-33(6)45(32(5)47-49)35-15-11-9-12-16-35/h9,11-13,15-24,26-31H,7-8,10,14,25H2,1-6H3. The molecule has 0 spiro atoms. The fourth-order valence-corrected chi connectivity index (χ4v) is 7.42. The molecule has 0 amide bonds. The maximum atomic E-state index is 6.62. The first-order valence-corrected chi connectivity index (χ1v) is 18.2. The number of benzene rings is 4. The average molecular weight is 661 g/mol. The Balaban J connectivity index is 1.28. The van der Waals surface area contributed by atoms with Crippen LogP contribution in [0.4, 0.5) is 0 Å². The van der Waals surface area contributed by atoms with Crippen LogP contribution < -0.4 is 4.74 Å². The zero-order valence-corrected chi connectivity index (χ0v) is 30.3. The van der Waals surface area contributed by atoms with Gasteiger partial charge in [-0.05, 0) is 104 Å². The Morgan fingerprint density at radius 2 is 1.56 bits per heavy atom. The van der Waals surface area contributed by atoms with Crippen LogP contribution in [0.1, 0.15) is 81.8 Å². The van der Waals surface area contributed by atoms with Crippen molar-refractivity contribution >= 4 is 21.8 Å². The van der Waals surface area contributed by atoms with Gasteiger partial charge in [0.1, 0.15) is 17.3 Å². The first-order chi connectivity index (χ1) is 24.3. The molecule has 0 bridgehead atoms. The number of pyridine rings is 1. The predicted molar refractivity (Wildman–Crippen MR) is 208 cm³/mol. The second kappa shape index (κ2) is 14.4. The Morgan fingerprint density at radius 3 is 2.36 bits per heavy atom. The van der Waals surface area contributed by atoms with Gasteiger partial charge >= 0.3 is 0 Å². The zero-order chi connectivity index (χ0) is 34.8. The maximum Gasteiger partial charge on any atom is 0.137 e. The fraction of sp³-hybridized carbons (Fsp3) is 0.289. The SMILES string of the molecule is CCCCCC(C)c1ccc2c(c1)c1ccc(Oc3cccc(-n4nc(C)c(-c5ccccc5)c4C)c3)cc1n2-c1cc(CC(C)C)ccn1. The highest BCUT2D eigenvalue weighted by Gasteiger charge is 2.18. The smallest absolute Gasteiger partial charge is 0.137 e. The summed E-state index contributed by atoms with van der Waals surface area (Å²) in [6.45, 7) is 13.4. The van der Waals surface area contributed by atoms with Crippen molar-refractivity contribution < 1.29 is 4.74 Å². The van der Waals surface area contributed by atoms with Crippen molar-refractivity contribution in [2.45, 2.75) is 79.6 Å². The van der Waals surface area contributed by atoms with Crippen LogP contribution in [-0.2, 0) is 6.42 Å². The van der Waals surface area contributed by atoms with E-state index in [2.05, 4.69) is 131 Å². The Bertz CT molecular complexity index is 2260. The topological polar surface area (TPSA) is 44.9 Å². The summed E-state index contributed by atoms with van der Waals surface area (Å²) in [5.41, 5.74) is 10.3. The molecule has 0 aliphatic heterocycles. The monoisotopic (exact) mass is 660 g/mol. The van der Waals surface area contributed by atoms with Gasteiger partial charge in [-0.15, -0.1) is 0 Å². The van der Waals surface area contributed by atoms with Crippen LogP contribution in [0.3, 0.4) is 0 Å². The number of nitrogens with zero attached hydrogens (tertiary/aromatic N) is 4. The number of fused-ring (bicyclic) bond motifs is 3. The molecule has 7 aromatic rings. The molecule has 0 N–H and O–H groups in total. The molecule has 0 saturated carbocycles. The Hall–Kier alpha value is -5.16. The molecule has 5 heteroatoms. The lowest BCUT2D eigenvalue weighted by Crippen LogP contribution is -2.01. The Kier molecular flexibility index (Phi) is 9.58. The Morgan fingerprint density at radius 1 is 0.740 bits per heavy atom. The van der Waals surface area contributed by atoms with E-state index in [9.17, 15) is 0 Å². The molecule has 50 heavy (non-hydrogen) atoms. The van der Waals surface area contributed by atoms with E-state index in [0.717, 1.165) is 51.8 Å². The molecule has 4 aromatic carbocycles. The molecule has 0 aliphatic carbocycles. The van der Waals surface area contributed by atoms with E-state index in [4.69, 9.17) is 14.8 Å². The van der Waals surface area contributed by atoms with Crippen LogP contribution in [0.15, 0.2) is 109 Å². The largest absolute Gasteiger partial charge is 0.457 e. The molecule has 1 atom stereocenters. The van der Waals surface area contributed by atoms with E-state index in [1.165, 1.54) is 58.7 Å². The van der Waals surface area contributed by atoms with Gasteiger partial charge in [-0.1, -0.05) is 89.4 Å². The summed E-state index contributed by atoms with van der Waals surface area (Å²) in [7, 11) is 0. The molecule has 3 aromatic heterocycles. The number of hydrogen-bond donors (Lipinski definition) is 0. The van der Waals surface area contributed by atoms with Crippen molar-refractivity contribution in [2.75, 3.05) is 0 Å². The third kappa shape index (κ3) is 6.69. The predicted octanol–water partition coefficient (Wildman–Crippen LogP) is 12.3. The van der Waals surface area contributed by atoms with Gasteiger partial charge in [-0.3, -0.25) is 4.57 Å². The molecular weight excluding hydrogens is 613 g/mol. The highest BCUT2D eigenvalue weighted by Crippen LogP contribution is 2.38. The van der Waals surface area contributed by atoms with Gasteiger partial charge in [-0.2, -0.15) is 5.10 Å². The summed E-state index contributed by atoms with van der Waals surface area (Å²) in [6.07, 6.45) is 7.96. The molecule has 5 nitrogen and oxygen atoms in total. The molecule has 0 saturated heterocycles. The molecule has 1 unspecified atom stereocenters. The quantitative estimate of drug-likeness (QED) is 0.123. The van der Waals surface area contributed by atoms with Crippen molar-refractivity contribution in [3.63, 3.8) is 0 Å². The fourth-order valence-electron chi connectivity index (χ4n) is 7.42. The summed E-state index contributed by atoms with van der Waals surface area (Å²) in [6, 6.07) is 36.5. The lowest BCUT2D eigenvalue weighted by molar-refractivity contribution is 0.482. The summed E-state index contributed by atoms with van der Waals surface area (Å²) in [5.74, 6) is 3.56. The molecule has 7 rings (SSSR count). The van der Waals surface area contributed by atoms with E-state index in [1.807, 2.05) is 29.1 Å². The lowest BCUT2D eigenvalue weighted by Gasteiger charge is -2.13. The van der Waals surface area contributed by atoms with Gasteiger partial charge in [0.15, 0.2) is 0 Å². The van der Waals surface area contributed by atoms with Crippen LogP contribution in [0.25, 0.3) is 44.4 Å². The van der Waals surface area contributed by atoms with Crippen LogP contribution in [-0.4, -0.2) is 19.3 Å². The second-order valence-corrected chi connectivity index (χ2v) is 14.2. The molecule has 3 heterocycles. The van der Waals surface area contributed by atoms with E-state index in [-0.39, 0.29) is 0 Å². The summed E-state index contributed by atoms with van der Waals surface area (Å²) >= 11 is 0. The van der Waals surface area contributed by atoms with Gasteiger partial charge in [-0.25, -0.2) is 9.67 Å². The number of aromatic nitrogens is 4. The minimum absolute atomic E-state index is 0.512. The first-order valence-electron chi connectivity index (χ1n) is 18.2. The normalized spacial score (nSPS) is 12.3. The third-order valence-electron chi connectivity index (χ3n) is 9.91. The molecular formula is C45H48N4O. The van der Waals surface area contributed by atoms with Crippen molar-refractivity contribution in [1.82, 2.24) is 19.3 Å². The van der Waals surface area contributed by atoms with Crippen LogP contribution in [0.5, 0.6) is 11.5 Å². The lowest BCUT2D eigenvalue weighted by atomic mass is 9.94. The summed E-state index contributed by atoms with van der Waals surface area (Å²) in [4.78, 5) is 4.91. The number of unbranched alkanes of at least 4 members (excludes halogenated alkanes) is 2. The average Bonchev–Trinajstić information content (AvgIpc) is 3.60. The highest BCUT2D eigenvalue weighted by molar-refractivity contribution is 6.09. The zero-order valence-electron chi connectivity index (χ0n) is 30.3. The first kappa shape index (κ1) is 33.3. The third-order valence-corrected chi connectivity index (χ3v) is 9.91. The van der Waals surface area contributed by atoms with E-state index >= 15 is 0 Å².